The standard InChI is InChI=1S/C6H13NO.ClH/c7-5-3-1-2-4-6(5)8;/h5-6,8H,1-4,7H2;1H/t5?,6-;/m0./s1. The van der Waals surface area contributed by atoms with Crippen LogP contribution < -0.4 is 5.73 Å². The van der Waals surface area contributed by atoms with Gasteiger partial charge in [0, 0.05) is 6.04 Å². The van der Waals surface area contributed by atoms with Crippen molar-refractivity contribution in [2.75, 3.05) is 0 Å². The first kappa shape index (κ1) is 9.21. The van der Waals surface area contributed by atoms with Crippen LogP contribution in [0.15, 0.2) is 0 Å². The normalized spacial score (nSPS) is 35.3. The molecule has 1 aliphatic carbocycles. The molecule has 0 bridgehead atoms. The summed E-state index contributed by atoms with van der Waals surface area (Å²) in [6.45, 7) is 0. The van der Waals surface area contributed by atoms with Gasteiger partial charge in [-0.15, -0.1) is 12.4 Å². The van der Waals surface area contributed by atoms with Crippen LogP contribution in [0.25, 0.3) is 0 Å². The van der Waals surface area contributed by atoms with Gasteiger partial charge in [0.05, 0.1) is 6.10 Å². The summed E-state index contributed by atoms with van der Waals surface area (Å²) < 4.78 is 0. The third-order valence-electron chi connectivity index (χ3n) is 1.78. The second-order valence-corrected chi connectivity index (χ2v) is 2.52. The fourth-order valence-electron chi connectivity index (χ4n) is 1.14. The Morgan fingerprint density at radius 1 is 1.22 bits per heavy atom. The first-order valence-electron chi connectivity index (χ1n) is 3.24. The molecule has 1 unspecified atom stereocenters. The largest absolute Gasteiger partial charge is 0.392 e. The van der Waals surface area contributed by atoms with Crippen molar-refractivity contribution in [1.29, 1.82) is 0 Å². The summed E-state index contributed by atoms with van der Waals surface area (Å²) in [6, 6.07) is 0.0590. The van der Waals surface area contributed by atoms with E-state index in [0.717, 1.165) is 19.3 Å². The number of rotatable bonds is 0. The predicted octanol–water partition coefficient (Wildman–Crippen LogP) is 0.670. The van der Waals surface area contributed by atoms with E-state index in [-0.39, 0.29) is 24.6 Å². The molecule has 0 heterocycles. The molecule has 0 radical (unpaired) electrons. The molecule has 2 nitrogen and oxygen atoms in total. The fraction of sp³-hybridized carbons (Fsp3) is 1.00. The molecule has 3 heteroatoms. The number of halogens is 1. The third-order valence-corrected chi connectivity index (χ3v) is 1.78. The van der Waals surface area contributed by atoms with Gasteiger partial charge in [-0.05, 0) is 12.8 Å². The molecule has 0 aromatic rings. The maximum absolute atomic E-state index is 9.05. The number of aliphatic hydroxyl groups is 1. The molecule has 1 rings (SSSR count). The highest BCUT2D eigenvalue weighted by molar-refractivity contribution is 5.85. The Labute approximate surface area is 61.8 Å². The monoisotopic (exact) mass is 151 g/mol. The number of nitrogens with two attached hydrogens (primary N) is 1. The maximum Gasteiger partial charge on any atom is 0.0691 e. The molecule has 0 aliphatic heterocycles. The van der Waals surface area contributed by atoms with E-state index in [1.165, 1.54) is 6.42 Å². The lowest BCUT2D eigenvalue weighted by molar-refractivity contribution is 0.108. The van der Waals surface area contributed by atoms with E-state index in [0.29, 0.717) is 0 Å². The summed E-state index contributed by atoms with van der Waals surface area (Å²) in [5.74, 6) is 0. The Bertz CT molecular complexity index is 69.5. The van der Waals surface area contributed by atoms with Gasteiger partial charge < -0.3 is 10.8 Å². The molecule has 0 spiro atoms. The van der Waals surface area contributed by atoms with E-state index in [1.807, 2.05) is 0 Å². The minimum Gasteiger partial charge on any atom is -0.392 e. The van der Waals surface area contributed by atoms with Crippen molar-refractivity contribution in [3.05, 3.63) is 0 Å². The maximum atomic E-state index is 9.05. The van der Waals surface area contributed by atoms with Gasteiger partial charge in [0.1, 0.15) is 0 Å². The molecule has 9 heavy (non-hydrogen) atoms. The highest BCUT2D eigenvalue weighted by Crippen LogP contribution is 2.15. The summed E-state index contributed by atoms with van der Waals surface area (Å²) in [4.78, 5) is 0. The van der Waals surface area contributed by atoms with E-state index in [4.69, 9.17) is 10.8 Å². The molecule has 0 aromatic carbocycles. The smallest absolute Gasteiger partial charge is 0.0691 e. The third kappa shape index (κ3) is 2.52. The van der Waals surface area contributed by atoms with E-state index < -0.39 is 0 Å². The highest BCUT2D eigenvalue weighted by atomic mass is 35.5. The van der Waals surface area contributed by atoms with Gasteiger partial charge in [0.15, 0.2) is 0 Å². The highest BCUT2D eigenvalue weighted by Gasteiger charge is 2.17. The molecular formula is C6H14ClNO. The summed E-state index contributed by atoms with van der Waals surface area (Å²) in [5.41, 5.74) is 5.53. The van der Waals surface area contributed by atoms with Crippen LogP contribution in [0, 0.1) is 0 Å². The second-order valence-electron chi connectivity index (χ2n) is 2.52. The molecule has 0 saturated heterocycles. The molecule has 1 fully saturated rings. The number of hydrogen-bond acceptors (Lipinski definition) is 2. The second kappa shape index (κ2) is 4.09. The van der Waals surface area contributed by atoms with E-state index in [1.54, 1.807) is 0 Å². The van der Waals surface area contributed by atoms with Crippen molar-refractivity contribution >= 4 is 12.4 Å². The lowest BCUT2D eigenvalue weighted by Crippen LogP contribution is -2.37. The lowest BCUT2D eigenvalue weighted by atomic mass is 9.94. The van der Waals surface area contributed by atoms with Crippen LogP contribution in [0.4, 0.5) is 0 Å². The van der Waals surface area contributed by atoms with Gasteiger partial charge in [-0.3, -0.25) is 0 Å². The van der Waals surface area contributed by atoms with E-state index in [2.05, 4.69) is 0 Å². The summed E-state index contributed by atoms with van der Waals surface area (Å²) in [7, 11) is 0. The Kier molecular flexibility index (Phi) is 4.19. The van der Waals surface area contributed by atoms with Crippen LogP contribution in [-0.4, -0.2) is 17.3 Å². The minimum atomic E-state index is -0.219. The molecule has 1 aliphatic rings. The Balaban J connectivity index is 0.000000640. The van der Waals surface area contributed by atoms with Gasteiger partial charge in [0.25, 0.3) is 0 Å². The molecule has 1 saturated carbocycles. The van der Waals surface area contributed by atoms with Gasteiger partial charge >= 0.3 is 0 Å². The zero-order valence-corrected chi connectivity index (χ0v) is 6.23. The average molecular weight is 152 g/mol. The van der Waals surface area contributed by atoms with Gasteiger partial charge in [-0.25, -0.2) is 0 Å². The predicted molar refractivity (Wildman–Crippen MR) is 39.7 cm³/mol. The van der Waals surface area contributed by atoms with Gasteiger partial charge in [0.2, 0.25) is 0 Å². The average Bonchev–Trinajstić information content (AvgIpc) is 1.77. The first-order chi connectivity index (χ1) is 3.80. The zero-order chi connectivity index (χ0) is 5.98. The van der Waals surface area contributed by atoms with Crippen molar-refractivity contribution in [3.63, 3.8) is 0 Å². The fourth-order valence-corrected chi connectivity index (χ4v) is 1.14. The minimum absolute atomic E-state index is 0. The molecule has 56 valence electrons. The van der Waals surface area contributed by atoms with Crippen LogP contribution in [0.1, 0.15) is 25.7 Å². The van der Waals surface area contributed by atoms with E-state index >= 15 is 0 Å². The molecule has 0 aromatic heterocycles. The first-order valence-corrected chi connectivity index (χ1v) is 3.24. The topological polar surface area (TPSA) is 46.2 Å². The Morgan fingerprint density at radius 3 is 2.11 bits per heavy atom. The van der Waals surface area contributed by atoms with Crippen LogP contribution in [-0.2, 0) is 0 Å². The number of aliphatic hydroxyl groups excluding tert-OH is 1. The summed E-state index contributed by atoms with van der Waals surface area (Å²) >= 11 is 0. The van der Waals surface area contributed by atoms with Crippen molar-refractivity contribution < 1.29 is 5.11 Å². The van der Waals surface area contributed by atoms with Gasteiger partial charge in [-0.1, -0.05) is 12.8 Å². The van der Waals surface area contributed by atoms with Gasteiger partial charge in [-0.2, -0.15) is 0 Å². The van der Waals surface area contributed by atoms with Crippen LogP contribution >= 0.6 is 12.4 Å². The summed E-state index contributed by atoms with van der Waals surface area (Å²) in [6.07, 6.45) is 4.03. The van der Waals surface area contributed by atoms with Crippen molar-refractivity contribution in [2.24, 2.45) is 5.73 Å². The Hall–Kier alpha value is 0.210. The lowest BCUT2D eigenvalue weighted by Gasteiger charge is -2.23. The van der Waals surface area contributed by atoms with E-state index in [9.17, 15) is 0 Å². The molecule has 2 atom stereocenters. The van der Waals surface area contributed by atoms with Crippen LogP contribution in [0.5, 0.6) is 0 Å². The molecule has 0 amide bonds. The zero-order valence-electron chi connectivity index (χ0n) is 5.42. The molecule has 3 N–H and O–H groups in total. The quantitative estimate of drug-likeness (QED) is 0.535. The van der Waals surface area contributed by atoms with Crippen molar-refractivity contribution in [2.45, 2.75) is 37.8 Å². The van der Waals surface area contributed by atoms with Crippen molar-refractivity contribution in [1.82, 2.24) is 0 Å². The molecular weight excluding hydrogens is 138 g/mol. The summed E-state index contributed by atoms with van der Waals surface area (Å²) in [5, 5.41) is 9.05. The SMILES string of the molecule is Cl.NC1CCCC[C@@H]1O. The van der Waals surface area contributed by atoms with Crippen LogP contribution in [0.3, 0.4) is 0 Å². The Morgan fingerprint density at radius 2 is 1.78 bits per heavy atom. The number of hydrogen-bond donors (Lipinski definition) is 2. The van der Waals surface area contributed by atoms with Crippen molar-refractivity contribution in [3.8, 4) is 0 Å². The van der Waals surface area contributed by atoms with Crippen LogP contribution in [0.2, 0.25) is 0 Å².